The van der Waals surface area contributed by atoms with Crippen LogP contribution in [0.1, 0.15) is 13.3 Å². The standard InChI is InChI=1S/C12H26O5Si2/c1-6-8-14-11(9-15-12(13)7-2)10-16-18-17-19(3,4)5/h7,11H,2,6,8-10,18H2,1,3-5H3. The molecule has 0 N–H and O–H groups in total. The van der Waals surface area contributed by atoms with E-state index in [4.69, 9.17) is 18.0 Å². The fourth-order valence-electron chi connectivity index (χ4n) is 1.06. The molecule has 0 fully saturated rings. The van der Waals surface area contributed by atoms with Crippen LogP contribution in [0.2, 0.25) is 19.6 Å². The number of carbonyl (C=O) groups excluding carboxylic acids is 1. The lowest BCUT2D eigenvalue weighted by atomic mass is 10.4. The Morgan fingerprint density at radius 3 is 2.58 bits per heavy atom. The second-order valence-electron chi connectivity index (χ2n) is 5.07. The number of ether oxygens (including phenoxy) is 2. The first-order valence-corrected chi connectivity index (χ1v) is 11.1. The maximum Gasteiger partial charge on any atom is 0.330 e. The average Bonchev–Trinajstić information content (AvgIpc) is 2.35. The van der Waals surface area contributed by atoms with Crippen molar-refractivity contribution in [2.45, 2.75) is 39.1 Å². The van der Waals surface area contributed by atoms with Crippen molar-refractivity contribution >= 4 is 24.3 Å². The first-order valence-electron chi connectivity index (χ1n) is 6.51. The third kappa shape index (κ3) is 12.3. The Balaban J connectivity index is 3.91. The smallest absolute Gasteiger partial charge is 0.330 e. The highest BCUT2D eigenvalue weighted by Gasteiger charge is 2.15. The third-order valence-electron chi connectivity index (χ3n) is 2.01. The van der Waals surface area contributed by atoms with Crippen molar-refractivity contribution < 1.29 is 22.8 Å². The fraction of sp³-hybridized carbons (Fsp3) is 0.750. The molecule has 0 bridgehead atoms. The number of esters is 1. The molecular weight excluding hydrogens is 280 g/mol. The van der Waals surface area contributed by atoms with Crippen LogP contribution in [0.25, 0.3) is 0 Å². The van der Waals surface area contributed by atoms with Gasteiger partial charge in [-0.2, -0.15) is 0 Å². The van der Waals surface area contributed by atoms with E-state index in [2.05, 4.69) is 26.2 Å². The van der Waals surface area contributed by atoms with Crippen LogP contribution in [0.15, 0.2) is 12.7 Å². The summed E-state index contributed by atoms with van der Waals surface area (Å²) in [4.78, 5) is 11.0. The molecule has 0 aliphatic carbocycles. The van der Waals surface area contributed by atoms with Gasteiger partial charge in [0.25, 0.3) is 10.0 Å². The first-order chi connectivity index (χ1) is 8.89. The quantitative estimate of drug-likeness (QED) is 0.250. The van der Waals surface area contributed by atoms with Gasteiger partial charge in [0.1, 0.15) is 12.7 Å². The normalized spacial score (nSPS) is 13.7. The summed E-state index contributed by atoms with van der Waals surface area (Å²) < 4.78 is 21.8. The van der Waals surface area contributed by atoms with Crippen LogP contribution < -0.4 is 0 Å². The predicted molar refractivity (Wildman–Crippen MR) is 80.1 cm³/mol. The van der Waals surface area contributed by atoms with Gasteiger partial charge in [-0.05, 0) is 26.1 Å². The lowest BCUT2D eigenvalue weighted by molar-refractivity contribution is -0.142. The van der Waals surface area contributed by atoms with Crippen LogP contribution in [-0.2, 0) is 22.8 Å². The maximum absolute atomic E-state index is 11.0. The molecule has 0 aliphatic heterocycles. The summed E-state index contributed by atoms with van der Waals surface area (Å²) in [5.74, 6) is -0.444. The second-order valence-corrected chi connectivity index (χ2v) is 11.1. The molecule has 0 amide bonds. The molecule has 19 heavy (non-hydrogen) atoms. The van der Waals surface area contributed by atoms with E-state index in [9.17, 15) is 4.79 Å². The Morgan fingerprint density at radius 2 is 2.05 bits per heavy atom. The molecule has 0 aliphatic rings. The highest BCUT2D eigenvalue weighted by Crippen LogP contribution is 2.02. The van der Waals surface area contributed by atoms with Crippen molar-refractivity contribution in [3.63, 3.8) is 0 Å². The molecule has 0 aromatic rings. The van der Waals surface area contributed by atoms with Gasteiger partial charge < -0.3 is 18.0 Å². The zero-order valence-corrected chi connectivity index (χ0v) is 14.9. The van der Waals surface area contributed by atoms with Crippen LogP contribution >= 0.6 is 0 Å². The Kier molecular flexibility index (Phi) is 10.1. The van der Waals surface area contributed by atoms with E-state index in [0.717, 1.165) is 12.5 Å². The summed E-state index contributed by atoms with van der Waals surface area (Å²) in [6.07, 6.45) is 1.82. The zero-order chi connectivity index (χ0) is 14.7. The first kappa shape index (κ1) is 18.5. The van der Waals surface area contributed by atoms with Crippen molar-refractivity contribution in [2.24, 2.45) is 0 Å². The summed E-state index contributed by atoms with van der Waals surface area (Å²) in [6.45, 7) is 13.0. The van der Waals surface area contributed by atoms with Gasteiger partial charge in [0.05, 0.1) is 6.61 Å². The Labute approximate surface area is 119 Å². The van der Waals surface area contributed by atoms with Crippen LogP contribution in [0.4, 0.5) is 0 Å². The van der Waals surface area contributed by atoms with Crippen LogP contribution in [-0.4, -0.2) is 50.2 Å². The minimum Gasteiger partial charge on any atom is -0.460 e. The molecular formula is C12H26O5Si2. The molecule has 0 spiro atoms. The molecule has 112 valence electrons. The van der Waals surface area contributed by atoms with Gasteiger partial charge in [-0.15, -0.1) is 0 Å². The number of rotatable bonds is 11. The number of hydrogen-bond donors (Lipinski definition) is 0. The summed E-state index contributed by atoms with van der Waals surface area (Å²) in [7, 11) is -2.48. The van der Waals surface area contributed by atoms with Gasteiger partial charge in [0.2, 0.25) is 0 Å². The molecule has 1 atom stereocenters. The molecule has 5 nitrogen and oxygen atoms in total. The molecule has 7 heteroatoms. The van der Waals surface area contributed by atoms with Crippen molar-refractivity contribution in [2.75, 3.05) is 19.8 Å². The molecule has 0 radical (unpaired) electrons. The molecule has 0 saturated carbocycles. The van der Waals surface area contributed by atoms with Gasteiger partial charge >= 0.3 is 5.97 Å². The van der Waals surface area contributed by atoms with Gasteiger partial charge in [-0.25, -0.2) is 4.79 Å². The minimum atomic E-state index is -1.50. The van der Waals surface area contributed by atoms with Gasteiger partial charge in [0, 0.05) is 12.7 Å². The van der Waals surface area contributed by atoms with Crippen LogP contribution in [0.5, 0.6) is 0 Å². The van der Waals surface area contributed by atoms with E-state index < -0.39 is 24.3 Å². The molecule has 0 rings (SSSR count). The predicted octanol–water partition coefficient (Wildman–Crippen LogP) is 1.38. The summed E-state index contributed by atoms with van der Waals surface area (Å²) in [5.41, 5.74) is 0. The van der Waals surface area contributed by atoms with Crippen LogP contribution in [0, 0.1) is 0 Å². The van der Waals surface area contributed by atoms with Crippen molar-refractivity contribution in [1.29, 1.82) is 0 Å². The summed E-state index contributed by atoms with van der Waals surface area (Å²) in [6, 6.07) is 0. The molecule has 1 unspecified atom stereocenters. The van der Waals surface area contributed by atoms with Gasteiger partial charge in [-0.3, -0.25) is 0 Å². The number of hydrogen-bond acceptors (Lipinski definition) is 5. The lowest BCUT2D eigenvalue weighted by Crippen LogP contribution is -2.32. The molecule has 0 aromatic heterocycles. The Bertz CT molecular complexity index is 265. The van der Waals surface area contributed by atoms with E-state index in [1.807, 2.05) is 6.92 Å². The SMILES string of the molecule is C=CC(=O)OCC(CO[SiH2]O[Si](C)(C)C)OCCC. The van der Waals surface area contributed by atoms with E-state index in [1.165, 1.54) is 0 Å². The van der Waals surface area contributed by atoms with E-state index >= 15 is 0 Å². The topological polar surface area (TPSA) is 54.0 Å². The highest BCUT2D eigenvalue weighted by atomic mass is 28.4. The lowest BCUT2D eigenvalue weighted by Gasteiger charge is -2.20. The fourth-order valence-corrected chi connectivity index (χ4v) is 3.17. The van der Waals surface area contributed by atoms with Gasteiger partial charge in [-0.1, -0.05) is 13.5 Å². The molecule has 0 aromatic carbocycles. The zero-order valence-electron chi connectivity index (χ0n) is 12.4. The average molecular weight is 307 g/mol. The van der Waals surface area contributed by atoms with Gasteiger partial charge in [0.15, 0.2) is 8.32 Å². The summed E-state index contributed by atoms with van der Waals surface area (Å²) in [5, 5.41) is 0. The molecule has 0 heterocycles. The van der Waals surface area contributed by atoms with E-state index in [0.29, 0.717) is 13.2 Å². The minimum absolute atomic E-state index is 0.187. The second kappa shape index (κ2) is 10.3. The summed E-state index contributed by atoms with van der Waals surface area (Å²) >= 11 is 0. The van der Waals surface area contributed by atoms with Crippen molar-refractivity contribution in [1.82, 2.24) is 0 Å². The highest BCUT2D eigenvalue weighted by molar-refractivity contribution is 6.73. The Morgan fingerprint density at radius 1 is 1.37 bits per heavy atom. The maximum atomic E-state index is 11.0. The largest absolute Gasteiger partial charge is 0.460 e. The van der Waals surface area contributed by atoms with Crippen LogP contribution in [0.3, 0.4) is 0 Å². The molecule has 0 saturated heterocycles. The Hall–Kier alpha value is -0.476. The van der Waals surface area contributed by atoms with Crippen molar-refractivity contribution in [3.8, 4) is 0 Å². The van der Waals surface area contributed by atoms with E-state index in [-0.39, 0.29) is 12.7 Å². The third-order valence-corrected chi connectivity index (χ3v) is 6.35. The van der Waals surface area contributed by atoms with Crippen molar-refractivity contribution in [3.05, 3.63) is 12.7 Å². The van der Waals surface area contributed by atoms with E-state index in [1.54, 1.807) is 0 Å². The number of carbonyl (C=O) groups is 1. The monoisotopic (exact) mass is 306 g/mol.